The molecule has 1 rings (SSSR count). The van der Waals surface area contributed by atoms with Crippen LogP contribution in [0.2, 0.25) is 0 Å². The highest BCUT2D eigenvalue weighted by Gasteiger charge is 2.14. The lowest BCUT2D eigenvalue weighted by Crippen LogP contribution is -2.29. The van der Waals surface area contributed by atoms with Crippen molar-refractivity contribution >= 4 is 21.7 Å². The maximum absolute atomic E-state index is 11.7. The number of rotatable bonds is 7. The predicted octanol–water partition coefficient (Wildman–Crippen LogP) is 0.0887. The molecular weight excluding hydrogens is 282 g/mol. The molecule has 0 unspecified atom stereocenters. The summed E-state index contributed by atoms with van der Waals surface area (Å²) >= 11 is 0. The SMILES string of the molecule is CCCC(=O)CNC(=O)c1ccc(S(=O)(=O)NC)nc1. The molecule has 0 saturated heterocycles. The first kappa shape index (κ1) is 16.3. The number of sulfonamides is 1. The number of carbonyl (C=O) groups excluding carboxylic acids is 2. The molecule has 0 saturated carbocycles. The molecule has 8 heteroatoms. The van der Waals surface area contributed by atoms with Crippen LogP contribution in [0.5, 0.6) is 0 Å². The van der Waals surface area contributed by atoms with Crippen molar-refractivity contribution in [3.63, 3.8) is 0 Å². The van der Waals surface area contributed by atoms with Crippen LogP contribution in [-0.2, 0) is 14.8 Å². The molecule has 1 aromatic heterocycles. The first-order chi connectivity index (χ1) is 9.40. The number of aromatic nitrogens is 1. The van der Waals surface area contributed by atoms with Crippen LogP contribution in [-0.4, -0.2) is 38.7 Å². The maximum atomic E-state index is 11.7. The van der Waals surface area contributed by atoms with Gasteiger partial charge in [0.25, 0.3) is 15.9 Å². The van der Waals surface area contributed by atoms with Crippen molar-refractivity contribution in [1.82, 2.24) is 15.0 Å². The number of Topliss-reactive ketones (excluding diaryl/α,β-unsaturated/α-hetero) is 1. The zero-order valence-electron chi connectivity index (χ0n) is 11.3. The molecule has 20 heavy (non-hydrogen) atoms. The van der Waals surface area contributed by atoms with Crippen LogP contribution in [0.4, 0.5) is 0 Å². The fourth-order valence-corrected chi connectivity index (χ4v) is 2.07. The highest BCUT2D eigenvalue weighted by atomic mass is 32.2. The molecule has 0 aliphatic rings. The minimum Gasteiger partial charge on any atom is -0.345 e. The second kappa shape index (κ2) is 7.11. The molecule has 2 N–H and O–H groups in total. The summed E-state index contributed by atoms with van der Waals surface area (Å²) in [6, 6.07) is 2.57. The van der Waals surface area contributed by atoms with Crippen molar-refractivity contribution < 1.29 is 18.0 Å². The van der Waals surface area contributed by atoms with Gasteiger partial charge in [0.2, 0.25) is 0 Å². The standard InChI is InChI=1S/C12H17N3O4S/c1-3-4-10(16)8-15-12(17)9-5-6-11(14-7-9)20(18,19)13-2/h5-7,13H,3-4,8H2,1-2H3,(H,15,17). The summed E-state index contributed by atoms with van der Waals surface area (Å²) in [4.78, 5) is 26.7. The van der Waals surface area contributed by atoms with E-state index in [2.05, 4.69) is 15.0 Å². The largest absolute Gasteiger partial charge is 0.345 e. The number of carbonyl (C=O) groups is 2. The normalized spacial score (nSPS) is 11.1. The Bertz CT molecular complexity index is 581. The molecule has 0 bridgehead atoms. The van der Waals surface area contributed by atoms with Crippen LogP contribution in [0, 0.1) is 0 Å². The minimum absolute atomic E-state index is 0.0385. The Morgan fingerprint density at radius 1 is 1.30 bits per heavy atom. The third-order valence-corrected chi connectivity index (χ3v) is 3.85. The van der Waals surface area contributed by atoms with E-state index < -0.39 is 15.9 Å². The first-order valence-electron chi connectivity index (χ1n) is 6.10. The molecule has 1 aromatic rings. The van der Waals surface area contributed by atoms with E-state index in [-0.39, 0.29) is 22.9 Å². The molecule has 7 nitrogen and oxygen atoms in total. The zero-order chi connectivity index (χ0) is 15.2. The fraction of sp³-hybridized carbons (Fsp3) is 0.417. The number of pyridine rings is 1. The molecule has 1 amide bonds. The molecule has 110 valence electrons. The Morgan fingerprint density at radius 2 is 2.00 bits per heavy atom. The molecular formula is C12H17N3O4S. The molecule has 0 aromatic carbocycles. The summed E-state index contributed by atoms with van der Waals surface area (Å²) in [7, 11) is -2.35. The van der Waals surface area contributed by atoms with Crippen molar-refractivity contribution in [2.75, 3.05) is 13.6 Å². The number of nitrogens with zero attached hydrogens (tertiary/aromatic N) is 1. The lowest BCUT2D eigenvalue weighted by atomic mass is 10.2. The highest BCUT2D eigenvalue weighted by molar-refractivity contribution is 7.89. The van der Waals surface area contributed by atoms with Gasteiger partial charge in [-0.25, -0.2) is 18.1 Å². The highest BCUT2D eigenvalue weighted by Crippen LogP contribution is 2.06. The Labute approximate surface area is 117 Å². The number of amides is 1. The van der Waals surface area contributed by atoms with Gasteiger partial charge in [-0.3, -0.25) is 9.59 Å². The Morgan fingerprint density at radius 3 is 2.50 bits per heavy atom. The predicted molar refractivity (Wildman–Crippen MR) is 72.7 cm³/mol. The van der Waals surface area contributed by atoms with E-state index in [0.29, 0.717) is 6.42 Å². The second-order valence-corrected chi connectivity index (χ2v) is 5.90. The quantitative estimate of drug-likeness (QED) is 0.742. The van der Waals surface area contributed by atoms with Crippen molar-refractivity contribution in [1.29, 1.82) is 0 Å². The Balaban J connectivity index is 2.69. The van der Waals surface area contributed by atoms with Crippen LogP contribution in [0.3, 0.4) is 0 Å². The van der Waals surface area contributed by atoms with Crippen molar-refractivity contribution in [2.45, 2.75) is 24.8 Å². The van der Waals surface area contributed by atoms with Gasteiger partial charge in [-0.2, -0.15) is 0 Å². The number of hydrogen-bond acceptors (Lipinski definition) is 5. The lowest BCUT2D eigenvalue weighted by molar-refractivity contribution is -0.118. The molecule has 0 aliphatic heterocycles. The molecule has 0 aliphatic carbocycles. The van der Waals surface area contributed by atoms with Gasteiger partial charge in [-0.15, -0.1) is 0 Å². The third kappa shape index (κ3) is 4.39. The van der Waals surface area contributed by atoms with Gasteiger partial charge in [-0.1, -0.05) is 6.92 Å². The van der Waals surface area contributed by atoms with Crippen LogP contribution in [0.1, 0.15) is 30.1 Å². The van der Waals surface area contributed by atoms with E-state index in [9.17, 15) is 18.0 Å². The maximum Gasteiger partial charge on any atom is 0.257 e. The molecule has 0 spiro atoms. The molecule has 0 atom stereocenters. The van der Waals surface area contributed by atoms with Gasteiger partial charge in [0.15, 0.2) is 10.8 Å². The Kier molecular flexibility index (Phi) is 5.78. The summed E-state index contributed by atoms with van der Waals surface area (Å²) in [5, 5.41) is 2.29. The summed E-state index contributed by atoms with van der Waals surface area (Å²) in [5.74, 6) is -0.515. The van der Waals surface area contributed by atoms with E-state index in [4.69, 9.17) is 0 Å². The van der Waals surface area contributed by atoms with E-state index in [1.807, 2.05) is 6.92 Å². The average molecular weight is 299 g/mol. The van der Waals surface area contributed by atoms with Crippen molar-refractivity contribution in [3.8, 4) is 0 Å². The van der Waals surface area contributed by atoms with Crippen LogP contribution in [0.15, 0.2) is 23.4 Å². The van der Waals surface area contributed by atoms with Crippen molar-refractivity contribution in [2.24, 2.45) is 0 Å². The average Bonchev–Trinajstić information content (AvgIpc) is 2.45. The summed E-state index contributed by atoms with van der Waals surface area (Å²) < 4.78 is 25.0. The molecule has 0 radical (unpaired) electrons. The monoisotopic (exact) mass is 299 g/mol. The first-order valence-corrected chi connectivity index (χ1v) is 7.58. The van der Waals surface area contributed by atoms with E-state index >= 15 is 0 Å². The van der Waals surface area contributed by atoms with Gasteiger partial charge < -0.3 is 5.32 Å². The topological polar surface area (TPSA) is 105 Å². The zero-order valence-corrected chi connectivity index (χ0v) is 12.2. The summed E-state index contributed by atoms with van der Waals surface area (Å²) in [5.41, 5.74) is 0.198. The summed E-state index contributed by atoms with van der Waals surface area (Å²) in [6.07, 6.45) is 2.30. The van der Waals surface area contributed by atoms with Gasteiger partial charge in [-0.05, 0) is 25.6 Å². The van der Waals surface area contributed by atoms with E-state index in [1.165, 1.54) is 19.2 Å². The number of nitrogens with one attached hydrogen (secondary N) is 2. The van der Waals surface area contributed by atoms with Gasteiger partial charge in [0, 0.05) is 12.6 Å². The van der Waals surface area contributed by atoms with Crippen LogP contribution in [0.25, 0.3) is 0 Å². The number of ketones is 1. The lowest BCUT2D eigenvalue weighted by Gasteiger charge is -2.05. The van der Waals surface area contributed by atoms with E-state index in [1.54, 1.807) is 0 Å². The summed E-state index contributed by atoms with van der Waals surface area (Å²) in [6.45, 7) is 1.84. The van der Waals surface area contributed by atoms with Crippen molar-refractivity contribution in [3.05, 3.63) is 23.9 Å². The van der Waals surface area contributed by atoms with Gasteiger partial charge in [0.05, 0.1) is 12.1 Å². The van der Waals surface area contributed by atoms with Gasteiger partial charge in [0.1, 0.15) is 0 Å². The smallest absolute Gasteiger partial charge is 0.257 e. The van der Waals surface area contributed by atoms with Crippen LogP contribution >= 0.6 is 0 Å². The van der Waals surface area contributed by atoms with E-state index in [0.717, 1.165) is 12.6 Å². The number of hydrogen-bond donors (Lipinski definition) is 2. The molecule has 1 heterocycles. The molecule has 0 fully saturated rings. The van der Waals surface area contributed by atoms with Gasteiger partial charge >= 0.3 is 0 Å². The minimum atomic E-state index is -3.62. The van der Waals surface area contributed by atoms with Crippen LogP contribution < -0.4 is 10.0 Å². The third-order valence-electron chi connectivity index (χ3n) is 2.52. The Hall–Kier alpha value is -1.80. The fourth-order valence-electron chi connectivity index (χ4n) is 1.43. The second-order valence-electron chi connectivity index (χ2n) is 4.06.